The third kappa shape index (κ3) is 2.74. The Morgan fingerprint density at radius 3 is 2.47 bits per heavy atom. The SMILES string of the molecule is Cl.O.O.O.O=c1[nH]c2cccc3c2n(c1=O)CC=C3. The lowest BCUT2D eigenvalue weighted by Crippen LogP contribution is -2.36. The van der Waals surface area contributed by atoms with Crippen molar-refractivity contribution in [2.24, 2.45) is 0 Å². The van der Waals surface area contributed by atoms with E-state index in [4.69, 9.17) is 0 Å². The summed E-state index contributed by atoms with van der Waals surface area (Å²) in [5.41, 5.74) is 1.44. The van der Waals surface area contributed by atoms with Gasteiger partial charge in [-0.05, 0) is 6.07 Å². The van der Waals surface area contributed by atoms with Crippen molar-refractivity contribution in [3.05, 3.63) is 50.5 Å². The molecule has 2 aromatic rings. The van der Waals surface area contributed by atoms with Crippen molar-refractivity contribution >= 4 is 29.5 Å². The Morgan fingerprint density at radius 1 is 1.11 bits per heavy atom. The van der Waals surface area contributed by atoms with Crippen LogP contribution in [0, 0.1) is 0 Å². The number of halogens is 1. The van der Waals surface area contributed by atoms with E-state index in [-0.39, 0.29) is 28.8 Å². The van der Waals surface area contributed by atoms with Gasteiger partial charge in [0.05, 0.1) is 11.0 Å². The third-order valence-electron chi connectivity index (χ3n) is 2.61. The second kappa shape index (κ2) is 6.86. The van der Waals surface area contributed by atoms with Crippen molar-refractivity contribution in [1.82, 2.24) is 9.55 Å². The van der Waals surface area contributed by atoms with Crippen molar-refractivity contribution in [1.29, 1.82) is 0 Å². The van der Waals surface area contributed by atoms with Crippen molar-refractivity contribution in [3.63, 3.8) is 0 Å². The van der Waals surface area contributed by atoms with Crippen LogP contribution in [-0.4, -0.2) is 26.0 Å². The van der Waals surface area contributed by atoms with Gasteiger partial charge in [-0.1, -0.05) is 24.3 Å². The number of hydrogen-bond acceptors (Lipinski definition) is 2. The van der Waals surface area contributed by atoms with Gasteiger partial charge in [-0.25, -0.2) is 0 Å². The molecule has 0 radical (unpaired) electrons. The summed E-state index contributed by atoms with van der Waals surface area (Å²) in [5.74, 6) is 0. The van der Waals surface area contributed by atoms with Gasteiger partial charge in [-0.2, -0.15) is 0 Å². The summed E-state index contributed by atoms with van der Waals surface area (Å²) in [4.78, 5) is 25.5. The van der Waals surface area contributed by atoms with Crippen LogP contribution < -0.4 is 11.1 Å². The summed E-state index contributed by atoms with van der Waals surface area (Å²) >= 11 is 0. The Hall–Kier alpha value is -1.93. The number of nitrogens with one attached hydrogen (secondary N) is 1. The molecule has 7 nitrogen and oxygen atoms in total. The summed E-state index contributed by atoms with van der Waals surface area (Å²) in [6, 6.07) is 5.58. The molecule has 0 unspecified atom stereocenters. The molecule has 0 aliphatic carbocycles. The molecule has 1 aromatic carbocycles. The first-order valence-electron chi connectivity index (χ1n) is 4.70. The zero-order chi connectivity index (χ0) is 10.4. The van der Waals surface area contributed by atoms with Crippen LogP contribution in [0.2, 0.25) is 0 Å². The van der Waals surface area contributed by atoms with Crippen LogP contribution in [0.3, 0.4) is 0 Å². The quantitative estimate of drug-likeness (QED) is 0.598. The highest BCUT2D eigenvalue weighted by Gasteiger charge is 2.11. The summed E-state index contributed by atoms with van der Waals surface area (Å²) < 4.78 is 1.50. The molecule has 0 fully saturated rings. The molecule has 0 saturated carbocycles. The zero-order valence-corrected chi connectivity index (χ0v) is 10.6. The van der Waals surface area contributed by atoms with Crippen LogP contribution in [0.5, 0.6) is 0 Å². The number of hydrogen-bond donors (Lipinski definition) is 1. The molecular formula is C11H15ClN2O5. The van der Waals surface area contributed by atoms with Crippen molar-refractivity contribution in [2.75, 3.05) is 0 Å². The number of para-hydroxylation sites is 1. The van der Waals surface area contributed by atoms with E-state index in [9.17, 15) is 9.59 Å². The molecule has 0 atom stereocenters. The molecule has 0 spiro atoms. The summed E-state index contributed by atoms with van der Waals surface area (Å²) in [5, 5.41) is 0. The topological polar surface area (TPSA) is 149 Å². The lowest BCUT2D eigenvalue weighted by atomic mass is 10.1. The lowest BCUT2D eigenvalue weighted by molar-refractivity contribution is 0.791. The Bertz CT molecular complexity index is 704. The number of rotatable bonds is 0. The molecule has 8 heteroatoms. The summed E-state index contributed by atoms with van der Waals surface area (Å²) in [6.07, 6.45) is 3.84. The maximum absolute atomic E-state index is 11.6. The van der Waals surface area contributed by atoms with Gasteiger partial charge >= 0.3 is 11.1 Å². The van der Waals surface area contributed by atoms with Crippen LogP contribution in [-0.2, 0) is 6.54 Å². The average molecular weight is 291 g/mol. The number of aromatic nitrogens is 2. The average Bonchev–Trinajstić information content (AvgIpc) is 2.26. The Kier molecular flexibility index (Phi) is 7.01. The maximum atomic E-state index is 11.6. The highest BCUT2D eigenvalue weighted by molar-refractivity contribution is 5.86. The molecule has 0 saturated heterocycles. The smallest absolute Gasteiger partial charge is 0.317 e. The zero-order valence-electron chi connectivity index (χ0n) is 9.77. The third-order valence-corrected chi connectivity index (χ3v) is 2.61. The largest absolute Gasteiger partial charge is 0.412 e. The Labute approximate surface area is 113 Å². The van der Waals surface area contributed by atoms with E-state index in [2.05, 4.69) is 4.98 Å². The van der Waals surface area contributed by atoms with Gasteiger partial charge in [-0.15, -0.1) is 12.4 Å². The van der Waals surface area contributed by atoms with Crippen LogP contribution in [0.1, 0.15) is 5.56 Å². The van der Waals surface area contributed by atoms with E-state index in [0.717, 1.165) is 11.1 Å². The maximum Gasteiger partial charge on any atom is 0.317 e. The fourth-order valence-corrected chi connectivity index (χ4v) is 1.96. The number of H-pyrrole nitrogens is 1. The summed E-state index contributed by atoms with van der Waals surface area (Å²) in [7, 11) is 0. The molecule has 0 amide bonds. The molecule has 2 heterocycles. The lowest BCUT2D eigenvalue weighted by Gasteiger charge is -2.13. The number of allylic oxidation sites excluding steroid dienone is 1. The molecule has 1 aliphatic rings. The van der Waals surface area contributed by atoms with Crippen LogP contribution >= 0.6 is 12.4 Å². The van der Waals surface area contributed by atoms with Gasteiger partial charge in [0.25, 0.3) is 0 Å². The Balaban J connectivity index is 0. The van der Waals surface area contributed by atoms with Crippen LogP contribution in [0.15, 0.2) is 33.9 Å². The summed E-state index contributed by atoms with van der Waals surface area (Å²) in [6.45, 7) is 0.469. The molecule has 106 valence electrons. The number of nitrogens with zero attached hydrogens (tertiary/aromatic N) is 1. The molecule has 7 N–H and O–H groups in total. The van der Waals surface area contributed by atoms with E-state index in [0.29, 0.717) is 12.1 Å². The second-order valence-corrected chi connectivity index (χ2v) is 3.52. The van der Waals surface area contributed by atoms with Gasteiger partial charge in [0.1, 0.15) is 0 Å². The minimum absolute atomic E-state index is 0. The van der Waals surface area contributed by atoms with Crippen molar-refractivity contribution in [2.45, 2.75) is 6.54 Å². The van der Waals surface area contributed by atoms with E-state index in [1.807, 2.05) is 24.3 Å². The second-order valence-electron chi connectivity index (χ2n) is 3.52. The molecule has 3 rings (SSSR count). The minimum atomic E-state index is -0.560. The first-order valence-corrected chi connectivity index (χ1v) is 4.70. The molecule has 19 heavy (non-hydrogen) atoms. The highest BCUT2D eigenvalue weighted by Crippen LogP contribution is 2.19. The number of aromatic amines is 1. The molecule has 0 bridgehead atoms. The van der Waals surface area contributed by atoms with Gasteiger partial charge in [0, 0.05) is 12.1 Å². The van der Waals surface area contributed by atoms with E-state index in [1.165, 1.54) is 4.57 Å². The van der Waals surface area contributed by atoms with E-state index >= 15 is 0 Å². The fourth-order valence-electron chi connectivity index (χ4n) is 1.96. The van der Waals surface area contributed by atoms with E-state index in [1.54, 1.807) is 6.07 Å². The number of benzene rings is 1. The van der Waals surface area contributed by atoms with Crippen molar-refractivity contribution < 1.29 is 16.4 Å². The fraction of sp³-hybridized carbons (Fsp3) is 0.0909. The monoisotopic (exact) mass is 290 g/mol. The highest BCUT2D eigenvalue weighted by atomic mass is 35.5. The molecule has 1 aliphatic heterocycles. The molecule has 1 aromatic heterocycles. The van der Waals surface area contributed by atoms with E-state index < -0.39 is 11.1 Å². The van der Waals surface area contributed by atoms with Gasteiger partial charge in [0.15, 0.2) is 0 Å². The van der Waals surface area contributed by atoms with Gasteiger partial charge in [0.2, 0.25) is 0 Å². The van der Waals surface area contributed by atoms with Crippen molar-refractivity contribution in [3.8, 4) is 0 Å². The standard InChI is InChI=1S/C11H8N2O2.ClH.3H2O/c14-10-11(15)13-6-2-4-7-3-1-5-8(12-10)9(7)13;;;;/h1-5H,6H2,(H,12,14);1H;3*1H2. The van der Waals surface area contributed by atoms with Crippen LogP contribution in [0.4, 0.5) is 0 Å². The first kappa shape index (κ1) is 19.4. The van der Waals surface area contributed by atoms with Gasteiger partial charge < -0.3 is 21.4 Å². The predicted octanol–water partition coefficient (Wildman–Crippen LogP) is -1.34. The normalized spacial score (nSPS) is 10.5. The Morgan fingerprint density at radius 2 is 1.79 bits per heavy atom. The molecular weight excluding hydrogens is 276 g/mol. The first-order chi connectivity index (χ1) is 7.27. The predicted molar refractivity (Wildman–Crippen MR) is 76.0 cm³/mol. The minimum Gasteiger partial charge on any atom is -0.412 e. The van der Waals surface area contributed by atoms with Crippen LogP contribution in [0.25, 0.3) is 17.1 Å². The van der Waals surface area contributed by atoms with Gasteiger partial charge in [-0.3, -0.25) is 14.2 Å².